The number of aldehydes is 1. The number of carbonyl (C=O) groups excluding carboxylic acids is 1. The number of aryl methyl sites for hydroxylation is 1. The van der Waals surface area contributed by atoms with Crippen molar-refractivity contribution in [1.82, 2.24) is 9.38 Å². The molecule has 0 saturated heterocycles. The van der Waals surface area contributed by atoms with Crippen molar-refractivity contribution in [3.8, 4) is 0 Å². The van der Waals surface area contributed by atoms with Crippen LogP contribution in [-0.4, -0.2) is 22.7 Å². The minimum absolute atomic E-state index is 0.607. The van der Waals surface area contributed by atoms with E-state index >= 15 is 0 Å². The van der Waals surface area contributed by atoms with E-state index in [0.29, 0.717) is 5.69 Å². The second kappa shape index (κ2) is 5.09. The Bertz CT molecular complexity index is 742. The van der Waals surface area contributed by atoms with Crippen molar-refractivity contribution in [1.29, 1.82) is 0 Å². The van der Waals surface area contributed by atoms with E-state index in [9.17, 15) is 4.79 Å². The number of benzene rings is 1. The number of nitrogens with zero attached hydrogens (tertiary/aromatic N) is 3. The van der Waals surface area contributed by atoms with Crippen molar-refractivity contribution in [2.24, 2.45) is 0 Å². The standard InChI is InChI=1S/C15H15N3OS/c1-11-3-5-12(6-4-11)9-17(2)14-13(10-19)18-7-8-20-15(18)16-14/h3-8,10H,9H2,1-2H3. The fraction of sp³-hybridized carbons (Fsp3) is 0.200. The van der Waals surface area contributed by atoms with E-state index in [4.69, 9.17) is 0 Å². The van der Waals surface area contributed by atoms with Crippen molar-refractivity contribution in [2.45, 2.75) is 13.5 Å². The molecule has 0 spiro atoms. The zero-order chi connectivity index (χ0) is 14.1. The van der Waals surface area contributed by atoms with E-state index in [1.165, 1.54) is 22.5 Å². The third kappa shape index (κ3) is 2.20. The molecule has 2 heterocycles. The largest absolute Gasteiger partial charge is 0.353 e. The van der Waals surface area contributed by atoms with Crippen molar-refractivity contribution < 1.29 is 4.79 Å². The third-order valence-corrected chi connectivity index (χ3v) is 4.05. The molecule has 4 nitrogen and oxygen atoms in total. The topological polar surface area (TPSA) is 37.6 Å². The summed E-state index contributed by atoms with van der Waals surface area (Å²) in [5.41, 5.74) is 3.05. The molecule has 102 valence electrons. The molecule has 0 atom stereocenters. The Labute approximate surface area is 121 Å². The molecule has 3 aromatic rings. The normalized spacial score (nSPS) is 10.9. The lowest BCUT2D eigenvalue weighted by Crippen LogP contribution is -2.18. The van der Waals surface area contributed by atoms with Gasteiger partial charge in [-0.05, 0) is 12.5 Å². The maximum absolute atomic E-state index is 11.3. The van der Waals surface area contributed by atoms with Gasteiger partial charge in [0, 0.05) is 25.2 Å². The van der Waals surface area contributed by atoms with Gasteiger partial charge in [-0.15, -0.1) is 11.3 Å². The predicted molar refractivity (Wildman–Crippen MR) is 81.7 cm³/mol. The summed E-state index contributed by atoms with van der Waals surface area (Å²) in [6.45, 7) is 2.80. The second-order valence-corrected chi connectivity index (χ2v) is 5.71. The molecule has 0 amide bonds. The molecule has 0 N–H and O–H groups in total. The fourth-order valence-corrected chi connectivity index (χ4v) is 2.94. The zero-order valence-corrected chi connectivity index (χ0v) is 12.2. The van der Waals surface area contributed by atoms with E-state index in [2.05, 4.69) is 36.2 Å². The quantitative estimate of drug-likeness (QED) is 0.691. The van der Waals surface area contributed by atoms with Gasteiger partial charge in [0.1, 0.15) is 5.69 Å². The number of fused-ring (bicyclic) bond motifs is 1. The van der Waals surface area contributed by atoms with Gasteiger partial charge in [-0.3, -0.25) is 9.20 Å². The van der Waals surface area contributed by atoms with Crippen LogP contribution in [0.3, 0.4) is 0 Å². The van der Waals surface area contributed by atoms with Gasteiger partial charge in [-0.25, -0.2) is 4.98 Å². The highest BCUT2D eigenvalue weighted by Crippen LogP contribution is 2.23. The van der Waals surface area contributed by atoms with Crippen molar-refractivity contribution in [3.05, 3.63) is 52.7 Å². The summed E-state index contributed by atoms with van der Waals surface area (Å²) in [5, 5.41) is 1.93. The molecule has 0 aliphatic heterocycles. The minimum atomic E-state index is 0.607. The first-order valence-corrected chi connectivity index (χ1v) is 7.24. The summed E-state index contributed by atoms with van der Waals surface area (Å²) in [4.78, 5) is 18.7. The molecule has 5 heteroatoms. The van der Waals surface area contributed by atoms with E-state index in [-0.39, 0.29) is 0 Å². The maximum Gasteiger partial charge on any atom is 0.196 e. The Morgan fingerprint density at radius 1 is 1.35 bits per heavy atom. The van der Waals surface area contributed by atoms with E-state index in [0.717, 1.165) is 23.6 Å². The number of aromatic nitrogens is 2. The van der Waals surface area contributed by atoms with Crippen molar-refractivity contribution >= 4 is 28.4 Å². The Kier molecular flexibility index (Phi) is 3.28. The summed E-state index contributed by atoms with van der Waals surface area (Å²) in [6, 6.07) is 8.39. The van der Waals surface area contributed by atoms with Crippen LogP contribution in [0.5, 0.6) is 0 Å². The number of hydrogen-bond donors (Lipinski definition) is 0. The molecule has 0 unspecified atom stereocenters. The van der Waals surface area contributed by atoms with Crippen LogP contribution in [0.25, 0.3) is 4.96 Å². The van der Waals surface area contributed by atoms with Crippen molar-refractivity contribution in [2.75, 3.05) is 11.9 Å². The molecule has 0 fully saturated rings. The Balaban J connectivity index is 1.91. The molecular weight excluding hydrogens is 270 g/mol. The highest BCUT2D eigenvalue weighted by molar-refractivity contribution is 7.15. The van der Waals surface area contributed by atoms with Crippen LogP contribution in [0, 0.1) is 6.92 Å². The zero-order valence-electron chi connectivity index (χ0n) is 11.4. The minimum Gasteiger partial charge on any atom is -0.353 e. The molecule has 0 bridgehead atoms. The van der Waals surface area contributed by atoms with Crippen LogP contribution in [-0.2, 0) is 6.54 Å². The summed E-state index contributed by atoms with van der Waals surface area (Å²) < 4.78 is 1.83. The van der Waals surface area contributed by atoms with Gasteiger partial charge in [0.15, 0.2) is 17.1 Å². The van der Waals surface area contributed by atoms with Gasteiger partial charge in [0.05, 0.1) is 0 Å². The lowest BCUT2D eigenvalue weighted by molar-refractivity contribution is 0.111. The van der Waals surface area contributed by atoms with E-state index in [1.807, 2.05) is 27.9 Å². The number of carbonyl (C=O) groups is 1. The van der Waals surface area contributed by atoms with Crippen LogP contribution < -0.4 is 4.90 Å². The lowest BCUT2D eigenvalue weighted by atomic mass is 10.1. The van der Waals surface area contributed by atoms with Gasteiger partial charge in [0.25, 0.3) is 0 Å². The van der Waals surface area contributed by atoms with Crippen LogP contribution in [0.4, 0.5) is 5.82 Å². The second-order valence-electron chi connectivity index (χ2n) is 4.84. The third-order valence-electron chi connectivity index (χ3n) is 3.29. The molecule has 0 saturated carbocycles. The maximum atomic E-state index is 11.3. The summed E-state index contributed by atoms with van der Waals surface area (Å²) in [5.74, 6) is 0.729. The van der Waals surface area contributed by atoms with Crippen LogP contribution in [0.15, 0.2) is 35.8 Å². The van der Waals surface area contributed by atoms with Crippen LogP contribution in [0.1, 0.15) is 21.6 Å². The van der Waals surface area contributed by atoms with Crippen LogP contribution >= 0.6 is 11.3 Å². The lowest BCUT2D eigenvalue weighted by Gasteiger charge is -2.17. The van der Waals surface area contributed by atoms with Gasteiger partial charge in [-0.1, -0.05) is 29.8 Å². The first-order valence-electron chi connectivity index (χ1n) is 6.36. The van der Waals surface area contributed by atoms with E-state index < -0.39 is 0 Å². The smallest absolute Gasteiger partial charge is 0.196 e. The van der Waals surface area contributed by atoms with Crippen LogP contribution in [0.2, 0.25) is 0 Å². The number of imidazole rings is 1. The molecule has 0 radical (unpaired) electrons. The molecule has 3 rings (SSSR count). The predicted octanol–water partition coefficient (Wildman–Crippen LogP) is 3.15. The number of rotatable bonds is 4. The monoisotopic (exact) mass is 285 g/mol. The van der Waals surface area contributed by atoms with E-state index in [1.54, 1.807) is 0 Å². The number of anilines is 1. The Hall–Kier alpha value is -2.14. The summed E-state index contributed by atoms with van der Waals surface area (Å²) in [7, 11) is 1.96. The molecule has 20 heavy (non-hydrogen) atoms. The molecule has 0 aliphatic carbocycles. The SMILES string of the molecule is Cc1ccc(CN(C)c2nc3sccn3c2C=O)cc1. The Morgan fingerprint density at radius 2 is 2.10 bits per heavy atom. The Morgan fingerprint density at radius 3 is 2.80 bits per heavy atom. The van der Waals surface area contributed by atoms with Gasteiger partial charge in [0.2, 0.25) is 0 Å². The first kappa shape index (κ1) is 12.9. The summed E-state index contributed by atoms with van der Waals surface area (Å²) >= 11 is 1.53. The molecule has 2 aromatic heterocycles. The van der Waals surface area contributed by atoms with Gasteiger partial charge < -0.3 is 4.90 Å². The molecular formula is C15H15N3OS. The summed E-state index contributed by atoms with van der Waals surface area (Å²) in [6.07, 6.45) is 2.74. The first-order chi connectivity index (χ1) is 9.69. The molecule has 0 aliphatic rings. The molecule has 1 aromatic carbocycles. The highest BCUT2D eigenvalue weighted by atomic mass is 32.1. The van der Waals surface area contributed by atoms with Gasteiger partial charge in [-0.2, -0.15) is 0 Å². The average molecular weight is 285 g/mol. The van der Waals surface area contributed by atoms with Gasteiger partial charge >= 0.3 is 0 Å². The number of thiazole rings is 1. The fourth-order valence-electron chi connectivity index (χ4n) is 2.22. The van der Waals surface area contributed by atoms with Crippen molar-refractivity contribution in [3.63, 3.8) is 0 Å². The average Bonchev–Trinajstić information content (AvgIpc) is 3.01. The number of hydrogen-bond acceptors (Lipinski definition) is 4. The highest BCUT2D eigenvalue weighted by Gasteiger charge is 2.16.